The zero-order chi connectivity index (χ0) is 55.0. The second kappa shape index (κ2) is 65.6. The van der Waals surface area contributed by atoms with Crippen molar-refractivity contribution in [3.63, 3.8) is 0 Å². The predicted octanol–water partition coefficient (Wildman–Crippen LogP) is 21.9. The van der Waals surface area contributed by atoms with E-state index in [1.165, 1.54) is 302 Å². The van der Waals surface area contributed by atoms with E-state index in [-0.39, 0.29) is 18.5 Å². The van der Waals surface area contributed by atoms with Crippen LogP contribution in [0.25, 0.3) is 0 Å². The summed E-state index contributed by atoms with van der Waals surface area (Å²) in [6.45, 7) is 4.93. The van der Waals surface area contributed by atoms with Crippen LogP contribution in [0.15, 0.2) is 36.5 Å². The topological polar surface area (TPSA) is 95.9 Å². The molecule has 0 heterocycles. The number of nitrogens with one attached hydrogen (secondary N) is 1. The Hall–Kier alpha value is -1.92. The van der Waals surface area contributed by atoms with Gasteiger partial charge >= 0.3 is 5.97 Å². The summed E-state index contributed by atoms with van der Waals surface area (Å²) in [7, 11) is 0. The normalized spacial score (nSPS) is 12.7. The highest BCUT2D eigenvalue weighted by atomic mass is 16.5. The van der Waals surface area contributed by atoms with Gasteiger partial charge in [-0.05, 0) is 64.2 Å². The quantitative estimate of drug-likeness (QED) is 0.0320. The number of allylic oxidation sites excluding steroid dienone is 5. The van der Waals surface area contributed by atoms with Crippen molar-refractivity contribution in [2.24, 2.45) is 0 Å². The van der Waals surface area contributed by atoms with E-state index >= 15 is 0 Å². The summed E-state index contributed by atoms with van der Waals surface area (Å²) < 4.78 is 5.49. The number of esters is 1. The molecule has 6 nitrogen and oxygen atoms in total. The van der Waals surface area contributed by atoms with E-state index in [9.17, 15) is 19.8 Å². The van der Waals surface area contributed by atoms with Gasteiger partial charge in [0.15, 0.2) is 0 Å². The lowest BCUT2D eigenvalue weighted by Crippen LogP contribution is -2.45. The molecule has 1 amide bonds. The molecule has 2 unspecified atom stereocenters. The largest absolute Gasteiger partial charge is 0.466 e. The van der Waals surface area contributed by atoms with Gasteiger partial charge in [0.1, 0.15) is 0 Å². The van der Waals surface area contributed by atoms with E-state index in [2.05, 4.69) is 43.5 Å². The zero-order valence-electron chi connectivity index (χ0n) is 51.3. The van der Waals surface area contributed by atoms with Crippen LogP contribution in [0.3, 0.4) is 0 Å². The smallest absolute Gasteiger partial charge is 0.305 e. The summed E-state index contributed by atoms with van der Waals surface area (Å²) in [6.07, 6.45) is 83.5. The summed E-state index contributed by atoms with van der Waals surface area (Å²) in [4.78, 5) is 24.6. The Labute approximate surface area is 474 Å². The van der Waals surface area contributed by atoms with Crippen LogP contribution in [-0.2, 0) is 14.3 Å². The van der Waals surface area contributed by atoms with Crippen LogP contribution in [0.5, 0.6) is 0 Å². The molecule has 3 N–H and O–H groups in total. The van der Waals surface area contributed by atoms with Crippen molar-refractivity contribution in [2.45, 2.75) is 386 Å². The number of amides is 1. The van der Waals surface area contributed by atoms with Gasteiger partial charge in [0.25, 0.3) is 0 Å². The predicted molar refractivity (Wildman–Crippen MR) is 333 cm³/mol. The minimum atomic E-state index is -0.850. The number of hydrogen-bond acceptors (Lipinski definition) is 5. The fourth-order valence-corrected chi connectivity index (χ4v) is 10.7. The number of carbonyl (C=O) groups excluding carboxylic acids is 2. The number of rotatable bonds is 64. The second-order valence-corrected chi connectivity index (χ2v) is 23.5. The van der Waals surface area contributed by atoms with Gasteiger partial charge in [0.05, 0.1) is 25.4 Å². The molecule has 6 heteroatoms. The third-order valence-electron chi connectivity index (χ3n) is 15.9. The highest BCUT2D eigenvalue weighted by Gasteiger charge is 2.18. The minimum Gasteiger partial charge on any atom is -0.466 e. The van der Waals surface area contributed by atoms with Crippen molar-refractivity contribution in [1.29, 1.82) is 0 Å². The van der Waals surface area contributed by atoms with Crippen molar-refractivity contribution >= 4 is 11.9 Å². The fraction of sp³-hybridized carbons (Fsp3) is 0.886. The molecule has 448 valence electrons. The van der Waals surface area contributed by atoms with Gasteiger partial charge in [-0.25, -0.2) is 0 Å². The van der Waals surface area contributed by atoms with Crippen LogP contribution in [0, 0.1) is 0 Å². The van der Waals surface area contributed by atoms with Crippen molar-refractivity contribution in [3.05, 3.63) is 36.5 Å². The Balaban J connectivity index is 3.45. The Morgan fingerprint density at radius 2 is 0.658 bits per heavy atom. The van der Waals surface area contributed by atoms with Gasteiger partial charge in [-0.3, -0.25) is 9.59 Å². The molecule has 0 saturated carbocycles. The SMILES string of the molecule is CCCCCCCCCCCCCCCCCCCC/C=C/C(O)C(CO)NC(=O)CCCCCCCCCCC/C=C\C/C=C\CCCCCCCCCCCOC(=O)CCCCCCCCCCCCCCCC. The molecule has 0 aromatic heterocycles. The lowest BCUT2D eigenvalue weighted by molar-refractivity contribution is -0.143. The first-order valence-corrected chi connectivity index (χ1v) is 34.3. The summed E-state index contributed by atoms with van der Waals surface area (Å²) in [6, 6.07) is -0.634. The summed E-state index contributed by atoms with van der Waals surface area (Å²) in [5.41, 5.74) is 0. The maximum absolute atomic E-state index is 12.5. The van der Waals surface area contributed by atoms with Crippen molar-refractivity contribution in [2.75, 3.05) is 13.2 Å². The van der Waals surface area contributed by atoms with Gasteiger partial charge in [-0.15, -0.1) is 0 Å². The zero-order valence-corrected chi connectivity index (χ0v) is 51.3. The third-order valence-corrected chi connectivity index (χ3v) is 15.9. The molecule has 0 saturated heterocycles. The number of aliphatic hydroxyl groups is 2. The van der Waals surface area contributed by atoms with Crippen LogP contribution in [0.4, 0.5) is 0 Å². The summed E-state index contributed by atoms with van der Waals surface area (Å²) in [5.74, 6) is -0.0598. The highest BCUT2D eigenvalue weighted by Crippen LogP contribution is 2.18. The first-order chi connectivity index (χ1) is 37.5. The standard InChI is InChI=1S/C70H133NO5/c1-3-5-7-9-11-13-15-17-19-20-21-29-32-35-38-42-46-50-54-58-62-68(73)67(66-72)71-69(74)63-59-55-51-47-43-39-36-33-30-27-25-23-22-24-26-28-31-34-37-41-45-49-53-57-61-65-76-70(75)64-60-56-52-48-44-40-18-16-14-12-10-8-6-4-2/h23-26,58,62,67-68,72-73H,3-22,27-57,59-61,63-66H2,1-2H3,(H,71,74)/b25-23-,26-24-,62-58+. The Bertz CT molecular complexity index is 1230. The molecule has 76 heavy (non-hydrogen) atoms. The van der Waals surface area contributed by atoms with Crippen molar-refractivity contribution in [3.8, 4) is 0 Å². The average Bonchev–Trinajstić information content (AvgIpc) is 3.42. The maximum Gasteiger partial charge on any atom is 0.305 e. The van der Waals surface area contributed by atoms with E-state index in [1.54, 1.807) is 6.08 Å². The minimum absolute atomic E-state index is 0.0112. The van der Waals surface area contributed by atoms with E-state index in [0.29, 0.717) is 19.4 Å². The van der Waals surface area contributed by atoms with Gasteiger partial charge in [-0.1, -0.05) is 333 Å². The molecule has 0 radical (unpaired) electrons. The number of ether oxygens (including phenoxy) is 1. The molecule has 0 aromatic rings. The van der Waals surface area contributed by atoms with E-state index in [4.69, 9.17) is 4.74 Å². The second-order valence-electron chi connectivity index (χ2n) is 23.5. The molecule has 0 bridgehead atoms. The summed E-state index contributed by atoms with van der Waals surface area (Å²) >= 11 is 0. The van der Waals surface area contributed by atoms with E-state index in [0.717, 1.165) is 44.9 Å². The highest BCUT2D eigenvalue weighted by molar-refractivity contribution is 5.76. The number of hydrogen-bond donors (Lipinski definition) is 3. The van der Waals surface area contributed by atoms with Crippen LogP contribution >= 0.6 is 0 Å². The molecule has 0 aliphatic rings. The van der Waals surface area contributed by atoms with Crippen molar-refractivity contribution in [1.82, 2.24) is 5.32 Å². The van der Waals surface area contributed by atoms with Gasteiger partial charge in [-0.2, -0.15) is 0 Å². The molecule has 0 aliphatic carbocycles. The van der Waals surface area contributed by atoms with E-state index in [1.807, 2.05) is 6.08 Å². The molecule has 0 spiro atoms. The number of unbranched alkanes of at least 4 members (excludes halogenated alkanes) is 49. The van der Waals surface area contributed by atoms with Crippen molar-refractivity contribution < 1.29 is 24.5 Å². The molecular formula is C70H133NO5. The van der Waals surface area contributed by atoms with Crippen LogP contribution < -0.4 is 5.32 Å². The van der Waals surface area contributed by atoms with Gasteiger partial charge < -0.3 is 20.3 Å². The Morgan fingerprint density at radius 1 is 0.368 bits per heavy atom. The van der Waals surface area contributed by atoms with Gasteiger partial charge in [0.2, 0.25) is 5.91 Å². The number of aliphatic hydroxyl groups excluding tert-OH is 2. The first kappa shape index (κ1) is 74.1. The maximum atomic E-state index is 12.5. The molecule has 0 rings (SSSR count). The van der Waals surface area contributed by atoms with Crippen LogP contribution in [0.1, 0.15) is 373 Å². The fourth-order valence-electron chi connectivity index (χ4n) is 10.7. The lowest BCUT2D eigenvalue weighted by atomic mass is 10.0. The molecule has 0 aromatic carbocycles. The Morgan fingerprint density at radius 3 is 1.00 bits per heavy atom. The Kier molecular flexibility index (Phi) is 63.9. The van der Waals surface area contributed by atoms with Crippen LogP contribution in [-0.4, -0.2) is 47.4 Å². The monoisotopic (exact) mass is 1070 g/mol. The molecular weight excluding hydrogens is 935 g/mol. The van der Waals surface area contributed by atoms with E-state index < -0.39 is 12.1 Å². The molecule has 0 fully saturated rings. The molecule has 0 aliphatic heterocycles. The average molecular weight is 1070 g/mol. The summed E-state index contributed by atoms with van der Waals surface area (Å²) in [5, 5.41) is 23.2. The molecule has 2 atom stereocenters. The third kappa shape index (κ3) is 61.3. The lowest BCUT2D eigenvalue weighted by Gasteiger charge is -2.20. The van der Waals surface area contributed by atoms with Crippen LogP contribution in [0.2, 0.25) is 0 Å². The number of carbonyl (C=O) groups is 2. The first-order valence-electron chi connectivity index (χ1n) is 34.3. The van der Waals surface area contributed by atoms with Gasteiger partial charge in [0, 0.05) is 12.8 Å².